The summed E-state index contributed by atoms with van der Waals surface area (Å²) in [6.07, 6.45) is 3.55. The van der Waals surface area contributed by atoms with Gasteiger partial charge in [0, 0.05) is 29.8 Å². The molecule has 0 saturated carbocycles. The summed E-state index contributed by atoms with van der Waals surface area (Å²) in [6.45, 7) is 0.711. The van der Waals surface area contributed by atoms with Gasteiger partial charge in [-0.3, -0.25) is 4.79 Å². The minimum absolute atomic E-state index is 0.424. The number of esters is 1. The third kappa shape index (κ3) is 5.44. The van der Waals surface area contributed by atoms with Crippen LogP contribution in [-0.2, 0) is 14.3 Å². The topological polar surface area (TPSA) is 92.3 Å². The van der Waals surface area contributed by atoms with Crippen LogP contribution >= 0.6 is 0 Å². The van der Waals surface area contributed by atoms with E-state index in [1.165, 1.54) is 26.4 Å². The first-order chi connectivity index (χ1) is 14.6. The van der Waals surface area contributed by atoms with Crippen LogP contribution in [0.4, 0.5) is 5.69 Å². The molecule has 1 heterocycles. The lowest BCUT2D eigenvalue weighted by Gasteiger charge is -2.10. The predicted molar refractivity (Wildman–Crippen MR) is 110 cm³/mol. The zero-order valence-corrected chi connectivity index (χ0v) is 16.8. The molecule has 30 heavy (non-hydrogen) atoms. The van der Waals surface area contributed by atoms with Crippen LogP contribution in [0.3, 0.4) is 0 Å². The van der Waals surface area contributed by atoms with Crippen LogP contribution in [0.15, 0.2) is 42.5 Å². The SMILES string of the molecule is COc1cccc(/C=C/C(=O)OCC(=O)Nc2ccc3c(c2)OCCCO3)c1OC. The second kappa shape index (κ2) is 10.2. The van der Waals surface area contributed by atoms with Crippen molar-refractivity contribution in [2.45, 2.75) is 6.42 Å². The Balaban J connectivity index is 1.53. The molecular weight excluding hydrogens is 390 g/mol. The Morgan fingerprint density at radius 2 is 1.87 bits per heavy atom. The zero-order chi connectivity index (χ0) is 21.3. The molecule has 0 aliphatic carbocycles. The van der Waals surface area contributed by atoms with Crippen LogP contribution in [0, 0.1) is 0 Å². The fraction of sp³-hybridized carbons (Fsp3) is 0.273. The number of benzene rings is 2. The second-order valence-corrected chi connectivity index (χ2v) is 6.28. The van der Waals surface area contributed by atoms with Gasteiger partial charge in [-0.2, -0.15) is 0 Å². The number of fused-ring (bicyclic) bond motifs is 1. The van der Waals surface area contributed by atoms with E-state index >= 15 is 0 Å². The molecule has 0 fully saturated rings. The summed E-state index contributed by atoms with van der Waals surface area (Å²) in [5, 5.41) is 2.66. The Hall–Kier alpha value is -3.68. The normalized spacial score (nSPS) is 12.7. The molecule has 0 aromatic heterocycles. The minimum atomic E-state index is -0.659. The van der Waals surface area contributed by atoms with Gasteiger partial charge in [0.05, 0.1) is 27.4 Å². The second-order valence-electron chi connectivity index (χ2n) is 6.28. The van der Waals surface area contributed by atoms with Gasteiger partial charge < -0.3 is 29.0 Å². The molecule has 0 spiro atoms. The average molecular weight is 413 g/mol. The van der Waals surface area contributed by atoms with E-state index in [0.717, 1.165) is 6.42 Å². The molecule has 0 atom stereocenters. The summed E-state index contributed by atoms with van der Waals surface area (Å²) < 4.78 is 26.6. The average Bonchev–Trinajstić information content (AvgIpc) is 3.00. The van der Waals surface area contributed by atoms with Gasteiger partial charge in [0.1, 0.15) is 0 Å². The molecule has 0 saturated heterocycles. The van der Waals surface area contributed by atoms with Crippen LogP contribution in [-0.4, -0.2) is 45.9 Å². The van der Waals surface area contributed by atoms with E-state index in [-0.39, 0.29) is 0 Å². The number of amides is 1. The van der Waals surface area contributed by atoms with Gasteiger partial charge in [0.25, 0.3) is 5.91 Å². The first kappa shape index (κ1) is 21.0. The fourth-order valence-corrected chi connectivity index (χ4v) is 2.82. The summed E-state index contributed by atoms with van der Waals surface area (Å²) in [5.41, 5.74) is 1.17. The van der Waals surface area contributed by atoms with Gasteiger partial charge in [-0.25, -0.2) is 4.79 Å². The molecule has 3 rings (SSSR count). The molecule has 1 aliphatic heterocycles. The predicted octanol–water partition coefficient (Wildman–Crippen LogP) is 3.06. The van der Waals surface area contributed by atoms with Crippen molar-refractivity contribution >= 4 is 23.6 Å². The van der Waals surface area contributed by atoms with Crippen molar-refractivity contribution in [1.29, 1.82) is 0 Å². The highest BCUT2D eigenvalue weighted by Crippen LogP contribution is 2.32. The monoisotopic (exact) mass is 413 g/mol. The van der Waals surface area contributed by atoms with Crippen molar-refractivity contribution in [2.24, 2.45) is 0 Å². The summed E-state index contributed by atoms with van der Waals surface area (Å²) in [6, 6.07) is 10.4. The number of carbonyl (C=O) groups excluding carboxylic acids is 2. The molecule has 158 valence electrons. The Morgan fingerprint density at radius 3 is 2.63 bits per heavy atom. The lowest BCUT2D eigenvalue weighted by atomic mass is 10.1. The van der Waals surface area contributed by atoms with Gasteiger partial charge in [0.15, 0.2) is 29.6 Å². The fourth-order valence-electron chi connectivity index (χ4n) is 2.82. The van der Waals surface area contributed by atoms with E-state index in [9.17, 15) is 9.59 Å². The van der Waals surface area contributed by atoms with E-state index in [2.05, 4.69) is 5.32 Å². The van der Waals surface area contributed by atoms with Gasteiger partial charge in [0.2, 0.25) is 0 Å². The third-order valence-electron chi connectivity index (χ3n) is 4.21. The van der Waals surface area contributed by atoms with Crippen molar-refractivity contribution in [3.63, 3.8) is 0 Å². The lowest BCUT2D eigenvalue weighted by Crippen LogP contribution is -2.20. The van der Waals surface area contributed by atoms with Crippen molar-refractivity contribution in [2.75, 3.05) is 39.4 Å². The number of carbonyl (C=O) groups is 2. The summed E-state index contributed by atoms with van der Waals surface area (Å²) in [7, 11) is 3.04. The number of hydrogen-bond acceptors (Lipinski definition) is 7. The van der Waals surface area contributed by atoms with Crippen molar-refractivity contribution < 1.29 is 33.3 Å². The number of rotatable bonds is 7. The van der Waals surface area contributed by atoms with E-state index in [4.69, 9.17) is 23.7 Å². The molecule has 2 aromatic carbocycles. The van der Waals surface area contributed by atoms with Crippen LogP contribution in [0.5, 0.6) is 23.0 Å². The first-order valence-electron chi connectivity index (χ1n) is 9.36. The van der Waals surface area contributed by atoms with E-state index in [1.807, 2.05) is 0 Å². The van der Waals surface area contributed by atoms with Crippen molar-refractivity contribution in [3.05, 3.63) is 48.0 Å². The molecule has 0 unspecified atom stereocenters. The van der Waals surface area contributed by atoms with Crippen LogP contribution in [0.2, 0.25) is 0 Å². The maximum absolute atomic E-state index is 12.1. The number of methoxy groups -OCH3 is 2. The Labute approximate surface area is 174 Å². The summed E-state index contributed by atoms with van der Waals surface area (Å²) in [4.78, 5) is 24.0. The van der Waals surface area contributed by atoms with E-state index < -0.39 is 18.5 Å². The molecular formula is C22H23NO7. The van der Waals surface area contributed by atoms with E-state index in [1.54, 1.807) is 36.4 Å². The zero-order valence-electron chi connectivity index (χ0n) is 16.8. The maximum atomic E-state index is 12.1. The molecule has 8 nitrogen and oxygen atoms in total. The third-order valence-corrected chi connectivity index (χ3v) is 4.21. The first-order valence-corrected chi connectivity index (χ1v) is 9.36. The molecule has 1 amide bonds. The Bertz CT molecular complexity index is 939. The number of hydrogen-bond donors (Lipinski definition) is 1. The standard InChI is InChI=1S/C22H23NO7/c1-26-18-6-3-5-15(22(18)27-2)7-10-21(25)30-14-20(24)23-16-8-9-17-19(13-16)29-12-4-11-28-17/h3,5-10,13H,4,11-12,14H2,1-2H3,(H,23,24)/b10-7+. The molecule has 1 N–H and O–H groups in total. The molecule has 8 heteroatoms. The largest absolute Gasteiger partial charge is 0.493 e. The highest BCUT2D eigenvalue weighted by atomic mass is 16.5. The smallest absolute Gasteiger partial charge is 0.331 e. The minimum Gasteiger partial charge on any atom is -0.493 e. The Morgan fingerprint density at radius 1 is 1.07 bits per heavy atom. The maximum Gasteiger partial charge on any atom is 0.331 e. The summed E-state index contributed by atoms with van der Waals surface area (Å²) >= 11 is 0. The van der Waals surface area contributed by atoms with Crippen LogP contribution in [0.1, 0.15) is 12.0 Å². The highest BCUT2D eigenvalue weighted by molar-refractivity contribution is 5.95. The van der Waals surface area contributed by atoms with Gasteiger partial charge in [-0.15, -0.1) is 0 Å². The van der Waals surface area contributed by atoms with Crippen molar-refractivity contribution in [3.8, 4) is 23.0 Å². The van der Waals surface area contributed by atoms with Crippen LogP contribution < -0.4 is 24.3 Å². The molecule has 0 bridgehead atoms. The number of ether oxygens (including phenoxy) is 5. The number of nitrogens with one attached hydrogen (secondary N) is 1. The summed E-state index contributed by atoms with van der Waals surface area (Å²) in [5.74, 6) is 1.12. The van der Waals surface area contributed by atoms with Gasteiger partial charge >= 0.3 is 5.97 Å². The number of para-hydroxylation sites is 1. The van der Waals surface area contributed by atoms with Gasteiger partial charge in [-0.05, 0) is 24.3 Å². The quantitative estimate of drug-likeness (QED) is 0.551. The van der Waals surface area contributed by atoms with Gasteiger partial charge in [-0.1, -0.05) is 12.1 Å². The van der Waals surface area contributed by atoms with E-state index in [0.29, 0.717) is 47.5 Å². The molecule has 2 aromatic rings. The lowest BCUT2D eigenvalue weighted by molar-refractivity contribution is -0.142. The number of anilines is 1. The molecule has 1 aliphatic rings. The Kier molecular flexibility index (Phi) is 7.15. The highest BCUT2D eigenvalue weighted by Gasteiger charge is 2.13. The van der Waals surface area contributed by atoms with Crippen LogP contribution in [0.25, 0.3) is 6.08 Å². The molecule has 0 radical (unpaired) electrons. The van der Waals surface area contributed by atoms with Crippen molar-refractivity contribution in [1.82, 2.24) is 0 Å².